The molecule has 1 aromatic carbocycles. The molecular formula is C22H28N2O4S. The van der Waals surface area contributed by atoms with Crippen molar-refractivity contribution < 1.29 is 19.1 Å². The lowest BCUT2D eigenvalue weighted by molar-refractivity contribution is 0.0526. The van der Waals surface area contributed by atoms with Crippen LogP contribution in [0.15, 0.2) is 24.3 Å². The molecule has 0 saturated carbocycles. The Bertz CT molecular complexity index is 946. The van der Waals surface area contributed by atoms with Gasteiger partial charge >= 0.3 is 5.97 Å². The monoisotopic (exact) mass is 416 g/mol. The first-order valence-electron chi connectivity index (χ1n) is 9.66. The number of carbonyl (C=O) groups excluding carboxylic acids is 2. The van der Waals surface area contributed by atoms with Gasteiger partial charge in [-0.05, 0) is 64.8 Å². The summed E-state index contributed by atoms with van der Waals surface area (Å²) in [6.07, 6.45) is 0.672. The van der Waals surface area contributed by atoms with Crippen LogP contribution >= 0.6 is 11.3 Å². The van der Waals surface area contributed by atoms with Crippen molar-refractivity contribution in [2.45, 2.75) is 52.1 Å². The predicted molar refractivity (Wildman–Crippen MR) is 115 cm³/mol. The third-order valence-electron chi connectivity index (χ3n) is 4.88. The molecule has 0 radical (unpaired) electrons. The van der Waals surface area contributed by atoms with Gasteiger partial charge in [-0.25, -0.2) is 4.79 Å². The molecule has 0 atom stereocenters. The highest BCUT2D eigenvalue weighted by molar-refractivity contribution is 7.17. The average molecular weight is 417 g/mol. The van der Waals surface area contributed by atoms with Crippen LogP contribution in [-0.2, 0) is 16.7 Å². The van der Waals surface area contributed by atoms with Crippen LogP contribution in [-0.4, -0.2) is 31.1 Å². The Hall–Kier alpha value is -2.38. The summed E-state index contributed by atoms with van der Waals surface area (Å²) in [6.45, 7) is 10.5. The molecule has 0 saturated heterocycles. The van der Waals surface area contributed by atoms with Gasteiger partial charge in [-0.1, -0.05) is 6.07 Å². The van der Waals surface area contributed by atoms with Crippen molar-refractivity contribution in [2.75, 3.05) is 19.0 Å². The van der Waals surface area contributed by atoms with Crippen LogP contribution in [0.25, 0.3) is 0 Å². The van der Waals surface area contributed by atoms with E-state index in [0.717, 1.165) is 10.4 Å². The predicted octanol–water partition coefficient (Wildman–Crippen LogP) is 4.35. The number of ether oxygens (including phenoxy) is 2. The lowest BCUT2D eigenvalue weighted by atomic mass is 9.81. The van der Waals surface area contributed by atoms with Crippen molar-refractivity contribution in [3.63, 3.8) is 0 Å². The molecule has 0 unspecified atom stereocenters. The first kappa shape index (κ1) is 21.3. The third kappa shape index (κ3) is 4.31. The molecule has 0 spiro atoms. The Kier molecular flexibility index (Phi) is 5.74. The zero-order chi connectivity index (χ0) is 21.4. The maximum Gasteiger partial charge on any atom is 0.341 e. The number of anilines is 1. The molecular weight excluding hydrogens is 388 g/mol. The van der Waals surface area contributed by atoms with E-state index < -0.39 is 5.97 Å². The topological polar surface area (TPSA) is 76.7 Å². The Balaban J connectivity index is 2.05. The van der Waals surface area contributed by atoms with Crippen LogP contribution in [0.2, 0.25) is 0 Å². The van der Waals surface area contributed by atoms with E-state index >= 15 is 0 Å². The number of fused-ring (bicyclic) bond motifs is 1. The minimum atomic E-state index is -0.403. The van der Waals surface area contributed by atoms with Crippen molar-refractivity contribution in [3.05, 3.63) is 45.8 Å². The molecule has 1 amide bonds. The third-order valence-corrected chi connectivity index (χ3v) is 6.35. The van der Waals surface area contributed by atoms with Crippen molar-refractivity contribution in [1.82, 2.24) is 5.32 Å². The summed E-state index contributed by atoms with van der Waals surface area (Å²) in [5.74, 6) is -0.0988. The van der Waals surface area contributed by atoms with E-state index in [9.17, 15) is 9.59 Å². The molecule has 0 aliphatic carbocycles. The van der Waals surface area contributed by atoms with Gasteiger partial charge < -0.3 is 20.1 Å². The summed E-state index contributed by atoms with van der Waals surface area (Å²) in [5, 5.41) is 7.09. The standard InChI is InChI=1S/C22H28N2O4S/c1-7-28-20(26)16-15-12-21(2,3)24-22(4,5)17(15)29-19(16)23-18(25)13-9-8-10-14(11-13)27-6/h8-11,24H,7,12H2,1-6H3,(H,23,25). The molecule has 7 heteroatoms. The van der Waals surface area contributed by atoms with Crippen molar-refractivity contribution in [3.8, 4) is 5.75 Å². The van der Waals surface area contributed by atoms with Crippen molar-refractivity contribution >= 4 is 28.2 Å². The molecule has 6 nitrogen and oxygen atoms in total. The lowest BCUT2D eigenvalue weighted by Crippen LogP contribution is -2.55. The summed E-state index contributed by atoms with van der Waals surface area (Å²) in [5.41, 5.74) is 1.35. The van der Waals surface area contributed by atoms with Crippen molar-refractivity contribution in [2.24, 2.45) is 0 Å². The quantitative estimate of drug-likeness (QED) is 0.709. The Labute approximate surface area is 175 Å². The molecule has 2 heterocycles. The van der Waals surface area contributed by atoms with E-state index in [0.29, 0.717) is 28.3 Å². The van der Waals surface area contributed by atoms with Gasteiger partial charge in [0.05, 0.1) is 19.3 Å². The number of rotatable bonds is 5. The molecule has 2 aromatic rings. The summed E-state index contributed by atoms with van der Waals surface area (Å²) >= 11 is 1.43. The number of nitrogens with one attached hydrogen (secondary N) is 2. The fraction of sp³-hybridized carbons (Fsp3) is 0.455. The number of hydrogen-bond acceptors (Lipinski definition) is 6. The maximum absolute atomic E-state index is 12.9. The SMILES string of the molecule is CCOC(=O)c1c(NC(=O)c2cccc(OC)c2)sc2c1CC(C)(C)NC2(C)C. The average Bonchev–Trinajstić information content (AvgIpc) is 2.99. The maximum atomic E-state index is 12.9. The second-order valence-corrected chi connectivity index (χ2v) is 9.35. The molecule has 1 aromatic heterocycles. The minimum absolute atomic E-state index is 0.188. The van der Waals surface area contributed by atoms with Gasteiger partial charge in [0.1, 0.15) is 10.8 Å². The summed E-state index contributed by atoms with van der Waals surface area (Å²) in [7, 11) is 1.56. The molecule has 2 N–H and O–H groups in total. The highest BCUT2D eigenvalue weighted by Crippen LogP contribution is 2.45. The molecule has 0 fully saturated rings. The zero-order valence-electron chi connectivity index (χ0n) is 17.8. The Morgan fingerprint density at radius 3 is 2.62 bits per heavy atom. The normalized spacial score (nSPS) is 16.6. The summed E-state index contributed by atoms with van der Waals surface area (Å²) in [6, 6.07) is 6.92. The van der Waals surface area contributed by atoms with Gasteiger partial charge in [0.15, 0.2) is 0 Å². The number of methoxy groups -OCH3 is 1. The molecule has 29 heavy (non-hydrogen) atoms. The van der Waals surface area contributed by atoms with E-state index in [1.165, 1.54) is 11.3 Å². The minimum Gasteiger partial charge on any atom is -0.497 e. The van der Waals surface area contributed by atoms with E-state index in [1.54, 1.807) is 38.3 Å². The van der Waals surface area contributed by atoms with Crippen LogP contribution in [0.1, 0.15) is 65.8 Å². The Morgan fingerprint density at radius 2 is 1.97 bits per heavy atom. The Morgan fingerprint density at radius 1 is 1.24 bits per heavy atom. The van der Waals surface area contributed by atoms with Crippen LogP contribution in [0.5, 0.6) is 5.75 Å². The van der Waals surface area contributed by atoms with Crippen LogP contribution < -0.4 is 15.4 Å². The summed E-state index contributed by atoms with van der Waals surface area (Å²) in [4.78, 5) is 26.8. The van der Waals surface area contributed by atoms with Gasteiger partial charge in [0, 0.05) is 21.5 Å². The number of esters is 1. The van der Waals surface area contributed by atoms with E-state index in [-0.39, 0.29) is 23.6 Å². The van der Waals surface area contributed by atoms with Crippen molar-refractivity contribution in [1.29, 1.82) is 0 Å². The number of amides is 1. The lowest BCUT2D eigenvalue weighted by Gasteiger charge is -2.42. The van der Waals surface area contributed by atoms with E-state index in [2.05, 4.69) is 38.3 Å². The van der Waals surface area contributed by atoms with Crippen LogP contribution in [0, 0.1) is 0 Å². The van der Waals surface area contributed by atoms with E-state index in [4.69, 9.17) is 9.47 Å². The molecule has 3 rings (SSSR count). The van der Waals surface area contributed by atoms with Gasteiger partial charge in [0.25, 0.3) is 5.91 Å². The summed E-state index contributed by atoms with van der Waals surface area (Å²) < 4.78 is 10.5. The highest BCUT2D eigenvalue weighted by atomic mass is 32.1. The van der Waals surface area contributed by atoms with Crippen LogP contribution in [0.3, 0.4) is 0 Å². The van der Waals surface area contributed by atoms with Crippen LogP contribution in [0.4, 0.5) is 5.00 Å². The first-order valence-corrected chi connectivity index (χ1v) is 10.5. The molecule has 1 aliphatic rings. The molecule has 156 valence electrons. The fourth-order valence-corrected chi connectivity index (χ4v) is 5.23. The zero-order valence-corrected chi connectivity index (χ0v) is 18.6. The first-order chi connectivity index (χ1) is 13.6. The van der Waals surface area contributed by atoms with Gasteiger partial charge in [-0.2, -0.15) is 0 Å². The van der Waals surface area contributed by atoms with Gasteiger partial charge in [-0.15, -0.1) is 11.3 Å². The second kappa shape index (κ2) is 7.80. The highest BCUT2D eigenvalue weighted by Gasteiger charge is 2.42. The number of carbonyl (C=O) groups is 2. The molecule has 0 bridgehead atoms. The van der Waals surface area contributed by atoms with Gasteiger partial charge in [-0.3, -0.25) is 4.79 Å². The fourth-order valence-electron chi connectivity index (χ4n) is 3.97. The smallest absolute Gasteiger partial charge is 0.341 e. The van der Waals surface area contributed by atoms with E-state index in [1.807, 2.05) is 0 Å². The van der Waals surface area contributed by atoms with Gasteiger partial charge in [0.2, 0.25) is 0 Å². The number of thiophene rings is 1. The second-order valence-electron chi connectivity index (χ2n) is 8.33. The number of benzene rings is 1. The number of hydrogen-bond donors (Lipinski definition) is 2. The molecule has 1 aliphatic heterocycles. The largest absolute Gasteiger partial charge is 0.497 e.